The Morgan fingerprint density at radius 1 is 1.52 bits per heavy atom. The van der Waals surface area contributed by atoms with Gasteiger partial charge in [-0.05, 0) is 31.4 Å². The molecule has 0 saturated heterocycles. The van der Waals surface area contributed by atoms with Crippen LogP contribution in [0.1, 0.15) is 38.2 Å². The molecule has 2 atom stereocenters. The Kier molecular flexibility index (Phi) is 3.95. The smallest absolute Gasteiger partial charge is 0.136 e. The molecule has 1 N–H and O–H groups in total. The molecule has 1 aliphatic carbocycles. The van der Waals surface area contributed by atoms with Crippen molar-refractivity contribution in [1.82, 2.24) is 14.3 Å². The number of hydrogen-bond acceptors (Lipinski definition) is 3. The summed E-state index contributed by atoms with van der Waals surface area (Å²) >= 11 is 5.23. The van der Waals surface area contributed by atoms with Gasteiger partial charge in [0, 0.05) is 25.1 Å². The summed E-state index contributed by atoms with van der Waals surface area (Å²) in [7, 11) is 0. The zero-order valence-electron chi connectivity index (χ0n) is 12.3. The fraction of sp³-hybridized carbons (Fsp3) is 0.500. The quantitative estimate of drug-likeness (QED) is 0.882. The standard InChI is InChI=1S/C16H21N3OS/c1-2-19(12-21)16(8-4-3-5-14(16)20)13-6-7-15-17-9-10-18(15)11-13/h6-7,9-12,14,20H,2-5,8H2,1H3. The predicted octanol–water partition coefficient (Wildman–Crippen LogP) is 2.74. The zero-order valence-corrected chi connectivity index (χ0v) is 13.1. The number of rotatable bonds is 4. The molecular weight excluding hydrogens is 282 g/mol. The highest BCUT2D eigenvalue weighted by Gasteiger charge is 2.45. The van der Waals surface area contributed by atoms with Gasteiger partial charge in [0.15, 0.2) is 0 Å². The fourth-order valence-corrected chi connectivity index (χ4v) is 3.94. The van der Waals surface area contributed by atoms with E-state index in [0.717, 1.165) is 43.4 Å². The summed E-state index contributed by atoms with van der Waals surface area (Å²) in [5.74, 6) is 0. The third-order valence-electron chi connectivity index (χ3n) is 4.71. The van der Waals surface area contributed by atoms with Gasteiger partial charge in [-0.2, -0.15) is 0 Å². The first-order valence-electron chi connectivity index (χ1n) is 7.55. The minimum atomic E-state index is -0.410. The van der Waals surface area contributed by atoms with Crippen molar-refractivity contribution in [2.75, 3.05) is 6.54 Å². The normalized spacial score (nSPS) is 25.9. The van der Waals surface area contributed by atoms with Gasteiger partial charge in [0.05, 0.1) is 17.1 Å². The lowest BCUT2D eigenvalue weighted by Gasteiger charge is -2.48. The summed E-state index contributed by atoms with van der Waals surface area (Å²) in [6.07, 6.45) is 9.35. The van der Waals surface area contributed by atoms with Gasteiger partial charge >= 0.3 is 0 Å². The van der Waals surface area contributed by atoms with Crippen LogP contribution >= 0.6 is 12.2 Å². The summed E-state index contributed by atoms with van der Waals surface area (Å²) in [6.45, 7) is 2.88. The number of likely N-dealkylation sites (N-methyl/N-ethyl adjacent to an activating group) is 1. The first-order valence-corrected chi connectivity index (χ1v) is 8.03. The number of nitrogens with zero attached hydrogens (tertiary/aromatic N) is 3. The zero-order chi connectivity index (χ0) is 14.9. The van der Waals surface area contributed by atoms with Gasteiger partial charge in [-0.25, -0.2) is 4.98 Å². The molecule has 4 nitrogen and oxygen atoms in total. The maximum Gasteiger partial charge on any atom is 0.136 e. The minimum absolute atomic E-state index is 0.397. The minimum Gasteiger partial charge on any atom is -0.390 e. The molecule has 3 rings (SSSR count). The molecule has 1 fully saturated rings. The lowest BCUT2D eigenvalue weighted by molar-refractivity contribution is -0.0274. The van der Waals surface area contributed by atoms with Crippen LogP contribution in [0, 0.1) is 0 Å². The molecule has 0 amide bonds. The Balaban J connectivity index is 2.15. The van der Waals surface area contributed by atoms with Crippen molar-refractivity contribution in [2.24, 2.45) is 0 Å². The highest BCUT2D eigenvalue weighted by atomic mass is 32.1. The number of hydrogen-bond donors (Lipinski definition) is 1. The van der Waals surface area contributed by atoms with E-state index in [4.69, 9.17) is 12.2 Å². The number of imidazole rings is 1. The van der Waals surface area contributed by atoms with E-state index in [1.165, 1.54) is 0 Å². The Morgan fingerprint density at radius 2 is 2.38 bits per heavy atom. The van der Waals surface area contributed by atoms with Gasteiger partial charge in [0.2, 0.25) is 0 Å². The lowest BCUT2D eigenvalue weighted by Crippen LogP contribution is -2.55. The summed E-state index contributed by atoms with van der Waals surface area (Å²) in [5.41, 5.74) is 3.33. The second kappa shape index (κ2) is 5.73. The van der Waals surface area contributed by atoms with Crippen LogP contribution in [0.2, 0.25) is 0 Å². The molecule has 1 aliphatic rings. The molecule has 2 heterocycles. The molecule has 21 heavy (non-hydrogen) atoms. The van der Waals surface area contributed by atoms with Crippen LogP contribution < -0.4 is 0 Å². The van der Waals surface area contributed by atoms with Crippen molar-refractivity contribution in [1.29, 1.82) is 0 Å². The first kappa shape index (κ1) is 14.5. The number of pyridine rings is 1. The van der Waals surface area contributed by atoms with E-state index in [2.05, 4.69) is 29.1 Å². The van der Waals surface area contributed by atoms with Gasteiger partial charge in [0.1, 0.15) is 5.65 Å². The number of thiocarbonyl (C=S) groups is 1. The number of aromatic nitrogens is 2. The van der Waals surface area contributed by atoms with Crippen LogP contribution in [-0.2, 0) is 5.54 Å². The molecule has 2 aromatic rings. The first-order chi connectivity index (χ1) is 10.2. The molecule has 112 valence electrons. The Morgan fingerprint density at radius 3 is 3.10 bits per heavy atom. The van der Waals surface area contributed by atoms with Crippen LogP contribution in [0.25, 0.3) is 5.65 Å². The number of fused-ring (bicyclic) bond motifs is 1. The molecule has 0 aliphatic heterocycles. The van der Waals surface area contributed by atoms with E-state index in [-0.39, 0.29) is 0 Å². The summed E-state index contributed by atoms with van der Waals surface area (Å²) in [6, 6.07) is 4.09. The molecule has 0 aromatic carbocycles. The van der Waals surface area contributed by atoms with E-state index >= 15 is 0 Å². The molecule has 2 unspecified atom stereocenters. The van der Waals surface area contributed by atoms with Crippen molar-refractivity contribution in [3.05, 3.63) is 36.3 Å². The third kappa shape index (κ3) is 2.24. The molecule has 0 spiro atoms. The molecule has 0 bridgehead atoms. The molecule has 2 aromatic heterocycles. The summed E-state index contributed by atoms with van der Waals surface area (Å²) in [5, 5.41) is 10.8. The van der Waals surface area contributed by atoms with Crippen LogP contribution in [-0.4, -0.2) is 37.5 Å². The van der Waals surface area contributed by atoms with E-state index in [9.17, 15) is 5.11 Å². The van der Waals surface area contributed by atoms with Gasteiger partial charge in [-0.3, -0.25) is 0 Å². The topological polar surface area (TPSA) is 40.8 Å². The highest BCUT2D eigenvalue weighted by Crippen LogP contribution is 2.42. The molecule has 5 heteroatoms. The van der Waals surface area contributed by atoms with E-state index in [1.807, 2.05) is 16.7 Å². The molecular formula is C16H21N3OS. The summed E-state index contributed by atoms with van der Waals surface area (Å²) in [4.78, 5) is 6.41. The van der Waals surface area contributed by atoms with Crippen LogP contribution in [0.4, 0.5) is 0 Å². The number of aliphatic hydroxyl groups is 1. The SMILES string of the molecule is CCN(C=S)C1(c2ccc3nccn3c2)CCCCC1O. The van der Waals surface area contributed by atoms with E-state index in [1.54, 1.807) is 11.7 Å². The lowest BCUT2D eigenvalue weighted by atomic mass is 9.73. The van der Waals surface area contributed by atoms with Gasteiger partial charge < -0.3 is 14.4 Å². The average Bonchev–Trinajstić information content (AvgIpc) is 2.97. The molecule has 0 radical (unpaired) electrons. The van der Waals surface area contributed by atoms with Crippen LogP contribution in [0.15, 0.2) is 30.7 Å². The van der Waals surface area contributed by atoms with Gasteiger partial charge in [-0.15, -0.1) is 0 Å². The van der Waals surface area contributed by atoms with Crippen molar-refractivity contribution >= 4 is 23.4 Å². The van der Waals surface area contributed by atoms with Crippen molar-refractivity contribution in [3.8, 4) is 0 Å². The Labute approximate surface area is 130 Å². The number of aliphatic hydroxyl groups excluding tert-OH is 1. The monoisotopic (exact) mass is 303 g/mol. The molecule has 1 saturated carbocycles. The predicted molar refractivity (Wildman–Crippen MR) is 87.4 cm³/mol. The largest absolute Gasteiger partial charge is 0.390 e. The van der Waals surface area contributed by atoms with E-state index in [0.29, 0.717) is 0 Å². The van der Waals surface area contributed by atoms with E-state index < -0.39 is 11.6 Å². The average molecular weight is 303 g/mol. The maximum absolute atomic E-state index is 10.8. The Hall–Kier alpha value is -1.46. The van der Waals surface area contributed by atoms with Gasteiger partial charge in [-0.1, -0.05) is 31.1 Å². The maximum atomic E-state index is 10.8. The van der Waals surface area contributed by atoms with Crippen molar-refractivity contribution in [2.45, 2.75) is 44.2 Å². The highest BCUT2D eigenvalue weighted by molar-refractivity contribution is 7.78. The van der Waals surface area contributed by atoms with Gasteiger partial charge in [0.25, 0.3) is 0 Å². The van der Waals surface area contributed by atoms with Crippen LogP contribution in [0.3, 0.4) is 0 Å². The van der Waals surface area contributed by atoms with Crippen molar-refractivity contribution in [3.63, 3.8) is 0 Å². The van der Waals surface area contributed by atoms with Crippen LogP contribution in [0.5, 0.6) is 0 Å². The Bertz CT molecular complexity index is 641. The summed E-state index contributed by atoms with van der Waals surface area (Å²) < 4.78 is 2.01. The second-order valence-corrected chi connectivity index (χ2v) is 5.90. The second-order valence-electron chi connectivity index (χ2n) is 5.69. The third-order valence-corrected chi connectivity index (χ3v) is 4.96. The fourth-order valence-electron chi connectivity index (χ4n) is 3.60. The van der Waals surface area contributed by atoms with Crippen molar-refractivity contribution < 1.29 is 5.11 Å².